The molecule has 1 atom stereocenters. The van der Waals surface area contributed by atoms with Crippen molar-refractivity contribution in [2.24, 2.45) is 0 Å². The van der Waals surface area contributed by atoms with Crippen molar-refractivity contribution in [3.63, 3.8) is 0 Å². The van der Waals surface area contributed by atoms with E-state index in [1.807, 2.05) is 61.5 Å². The van der Waals surface area contributed by atoms with E-state index in [0.717, 1.165) is 42.6 Å². The second-order valence-corrected chi connectivity index (χ2v) is 6.41. The number of para-hydroxylation sites is 2. The molecule has 0 aromatic heterocycles. The first kappa shape index (κ1) is 16.8. The van der Waals surface area contributed by atoms with Crippen LogP contribution in [0.2, 0.25) is 5.02 Å². The van der Waals surface area contributed by atoms with E-state index < -0.39 is 0 Å². The fourth-order valence-electron chi connectivity index (χ4n) is 2.99. The minimum atomic E-state index is -0.154. The molecule has 1 aliphatic heterocycles. The van der Waals surface area contributed by atoms with Gasteiger partial charge in [0.05, 0.1) is 16.8 Å². The van der Waals surface area contributed by atoms with Crippen molar-refractivity contribution in [1.82, 2.24) is 4.90 Å². The average molecular weight is 344 g/mol. The Morgan fingerprint density at radius 2 is 1.62 bits per heavy atom. The molecule has 24 heavy (non-hydrogen) atoms. The number of benzene rings is 2. The SMILES string of the molecule is CC(C(=O)Nc1ccccc1)N1CCN(c2ccccc2Cl)CC1. The van der Waals surface area contributed by atoms with Gasteiger partial charge in [-0.1, -0.05) is 41.9 Å². The lowest BCUT2D eigenvalue weighted by Crippen LogP contribution is -2.52. The lowest BCUT2D eigenvalue weighted by molar-refractivity contribution is -0.120. The predicted molar refractivity (Wildman–Crippen MR) is 99.8 cm³/mol. The summed E-state index contributed by atoms with van der Waals surface area (Å²) in [6, 6.07) is 17.3. The van der Waals surface area contributed by atoms with Crippen LogP contribution >= 0.6 is 11.6 Å². The van der Waals surface area contributed by atoms with Crippen molar-refractivity contribution in [2.45, 2.75) is 13.0 Å². The Morgan fingerprint density at radius 1 is 1.00 bits per heavy atom. The fourth-order valence-corrected chi connectivity index (χ4v) is 3.25. The summed E-state index contributed by atoms with van der Waals surface area (Å²) in [5, 5.41) is 3.75. The summed E-state index contributed by atoms with van der Waals surface area (Å²) < 4.78 is 0. The average Bonchev–Trinajstić information content (AvgIpc) is 2.62. The van der Waals surface area contributed by atoms with E-state index in [-0.39, 0.29) is 11.9 Å². The summed E-state index contributed by atoms with van der Waals surface area (Å²) in [5.74, 6) is 0.0346. The summed E-state index contributed by atoms with van der Waals surface area (Å²) in [6.45, 7) is 5.38. The van der Waals surface area contributed by atoms with Gasteiger partial charge >= 0.3 is 0 Å². The Kier molecular flexibility index (Phi) is 5.38. The standard InChI is InChI=1S/C19H22ClN3O/c1-15(19(24)21-16-7-3-2-4-8-16)22-11-13-23(14-12-22)18-10-6-5-9-17(18)20/h2-10,15H,11-14H2,1H3,(H,21,24). The van der Waals surface area contributed by atoms with Gasteiger partial charge in [0.2, 0.25) is 5.91 Å². The number of hydrogen-bond acceptors (Lipinski definition) is 3. The first-order valence-corrected chi connectivity index (χ1v) is 8.62. The molecule has 3 rings (SSSR count). The first-order valence-electron chi connectivity index (χ1n) is 8.24. The molecule has 1 saturated heterocycles. The van der Waals surface area contributed by atoms with Gasteiger partial charge in [0.1, 0.15) is 0 Å². The van der Waals surface area contributed by atoms with Crippen LogP contribution in [0.5, 0.6) is 0 Å². The lowest BCUT2D eigenvalue weighted by atomic mass is 10.2. The molecular formula is C19H22ClN3O. The summed E-state index contributed by atoms with van der Waals surface area (Å²) in [5.41, 5.74) is 1.91. The van der Waals surface area contributed by atoms with Crippen LogP contribution in [0.15, 0.2) is 54.6 Å². The van der Waals surface area contributed by atoms with E-state index in [2.05, 4.69) is 15.1 Å². The van der Waals surface area contributed by atoms with Gasteiger partial charge in [0, 0.05) is 31.9 Å². The number of nitrogens with zero attached hydrogens (tertiary/aromatic N) is 2. The third-order valence-electron chi connectivity index (χ3n) is 4.48. The van der Waals surface area contributed by atoms with E-state index in [1.54, 1.807) is 0 Å². The molecule has 2 aromatic rings. The number of amides is 1. The second-order valence-electron chi connectivity index (χ2n) is 6.01. The maximum absolute atomic E-state index is 12.4. The fraction of sp³-hybridized carbons (Fsp3) is 0.316. The van der Waals surface area contributed by atoms with Crippen LogP contribution in [0.25, 0.3) is 0 Å². The number of piperazine rings is 1. The van der Waals surface area contributed by atoms with Crippen LogP contribution in [-0.2, 0) is 4.79 Å². The van der Waals surface area contributed by atoms with Gasteiger partial charge in [-0.2, -0.15) is 0 Å². The molecule has 1 N–H and O–H groups in total. The smallest absolute Gasteiger partial charge is 0.241 e. The molecule has 1 fully saturated rings. The molecule has 1 unspecified atom stereocenters. The third-order valence-corrected chi connectivity index (χ3v) is 4.80. The van der Waals surface area contributed by atoms with Gasteiger partial charge in [-0.15, -0.1) is 0 Å². The molecule has 126 valence electrons. The van der Waals surface area contributed by atoms with Crippen molar-refractivity contribution in [2.75, 3.05) is 36.4 Å². The normalized spacial score (nSPS) is 16.7. The molecule has 4 nitrogen and oxygen atoms in total. The minimum absolute atomic E-state index is 0.0346. The maximum Gasteiger partial charge on any atom is 0.241 e. The molecule has 0 bridgehead atoms. The molecule has 1 heterocycles. The van der Waals surface area contributed by atoms with Gasteiger partial charge in [-0.25, -0.2) is 0 Å². The van der Waals surface area contributed by atoms with Gasteiger partial charge in [0.15, 0.2) is 0 Å². The predicted octanol–water partition coefficient (Wildman–Crippen LogP) is 3.49. The highest BCUT2D eigenvalue weighted by Crippen LogP contribution is 2.26. The van der Waals surface area contributed by atoms with Gasteiger partial charge < -0.3 is 10.2 Å². The number of rotatable bonds is 4. The molecule has 2 aromatic carbocycles. The van der Waals surface area contributed by atoms with Crippen molar-refractivity contribution in [3.05, 3.63) is 59.6 Å². The van der Waals surface area contributed by atoms with Crippen molar-refractivity contribution >= 4 is 28.9 Å². The topological polar surface area (TPSA) is 35.6 Å². The molecule has 0 spiro atoms. The zero-order valence-corrected chi connectivity index (χ0v) is 14.5. The molecular weight excluding hydrogens is 322 g/mol. The van der Waals surface area contributed by atoms with E-state index in [9.17, 15) is 4.79 Å². The van der Waals surface area contributed by atoms with Crippen LogP contribution in [0.4, 0.5) is 11.4 Å². The Balaban J connectivity index is 1.56. The molecule has 5 heteroatoms. The summed E-state index contributed by atoms with van der Waals surface area (Å²) in [4.78, 5) is 16.9. The monoisotopic (exact) mass is 343 g/mol. The van der Waals surface area contributed by atoms with Crippen molar-refractivity contribution in [1.29, 1.82) is 0 Å². The van der Waals surface area contributed by atoms with Crippen LogP contribution < -0.4 is 10.2 Å². The van der Waals surface area contributed by atoms with Crippen LogP contribution in [0, 0.1) is 0 Å². The highest BCUT2D eigenvalue weighted by atomic mass is 35.5. The van der Waals surface area contributed by atoms with E-state index in [1.165, 1.54) is 0 Å². The second kappa shape index (κ2) is 7.69. The summed E-state index contributed by atoms with van der Waals surface area (Å²) >= 11 is 6.28. The van der Waals surface area contributed by atoms with Crippen molar-refractivity contribution < 1.29 is 4.79 Å². The van der Waals surface area contributed by atoms with Gasteiger partial charge in [-0.3, -0.25) is 9.69 Å². The van der Waals surface area contributed by atoms with Crippen LogP contribution in [-0.4, -0.2) is 43.0 Å². The lowest BCUT2D eigenvalue weighted by Gasteiger charge is -2.38. The quantitative estimate of drug-likeness (QED) is 0.923. The Labute approximate surface area is 148 Å². The molecule has 0 saturated carbocycles. The Morgan fingerprint density at radius 3 is 2.29 bits per heavy atom. The number of carbonyl (C=O) groups excluding carboxylic acids is 1. The number of hydrogen-bond donors (Lipinski definition) is 1. The Hall–Kier alpha value is -2.04. The molecule has 0 aliphatic carbocycles. The molecule has 1 aliphatic rings. The number of nitrogens with one attached hydrogen (secondary N) is 1. The van der Waals surface area contributed by atoms with E-state index in [4.69, 9.17) is 11.6 Å². The molecule has 0 radical (unpaired) electrons. The van der Waals surface area contributed by atoms with E-state index >= 15 is 0 Å². The number of anilines is 2. The minimum Gasteiger partial charge on any atom is -0.368 e. The molecule has 1 amide bonds. The number of carbonyl (C=O) groups is 1. The highest BCUT2D eigenvalue weighted by Gasteiger charge is 2.26. The summed E-state index contributed by atoms with van der Waals surface area (Å²) in [7, 11) is 0. The zero-order valence-electron chi connectivity index (χ0n) is 13.8. The largest absolute Gasteiger partial charge is 0.368 e. The maximum atomic E-state index is 12.4. The summed E-state index contributed by atoms with van der Waals surface area (Å²) in [6.07, 6.45) is 0. The van der Waals surface area contributed by atoms with E-state index in [0.29, 0.717) is 0 Å². The number of halogens is 1. The van der Waals surface area contributed by atoms with Gasteiger partial charge in [0.25, 0.3) is 0 Å². The first-order chi connectivity index (χ1) is 11.6. The zero-order chi connectivity index (χ0) is 16.9. The third kappa shape index (κ3) is 3.89. The van der Waals surface area contributed by atoms with Crippen LogP contribution in [0.1, 0.15) is 6.92 Å². The van der Waals surface area contributed by atoms with Gasteiger partial charge in [-0.05, 0) is 31.2 Å². The highest BCUT2D eigenvalue weighted by molar-refractivity contribution is 6.33. The van der Waals surface area contributed by atoms with Crippen molar-refractivity contribution in [3.8, 4) is 0 Å². The van der Waals surface area contributed by atoms with Crippen LogP contribution in [0.3, 0.4) is 0 Å². The Bertz CT molecular complexity index is 684.